The Morgan fingerprint density at radius 3 is 2.81 bits per heavy atom. The molecule has 1 heterocycles. The quantitative estimate of drug-likeness (QED) is 0.492. The highest BCUT2D eigenvalue weighted by molar-refractivity contribution is 5.13. The molecule has 3 heteroatoms. The van der Waals surface area contributed by atoms with Crippen LogP contribution >= 0.6 is 0 Å². The van der Waals surface area contributed by atoms with Gasteiger partial charge in [0.05, 0.1) is 6.54 Å². The molecule has 1 unspecified atom stereocenters. The van der Waals surface area contributed by atoms with E-state index < -0.39 is 0 Å². The molecule has 1 aromatic rings. The van der Waals surface area contributed by atoms with Crippen molar-refractivity contribution in [1.82, 2.24) is 4.98 Å². The highest BCUT2D eigenvalue weighted by Gasteiger charge is 2.04. The molecule has 0 aliphatic rings. The maximum Gasteiger partial charge on any atom is 0.0811 e. The van der Waals surface area contributed by atoms with E-state index in [2.05, 4.69) is 23.2 Å². The lowest BCUT2D eigenvalue weighted by atomic mass is 9.96. The third-order valence-electron chi connectivity index (χ3n) is 2.89. The molecule has 88 valence electrons. The number of unbranched alkanes of at least 4 members (excludes halogenated alkanes) is 3. The zero-order valence-electron chi connectivity index (χ0n) is 9.93. The fourth-order valence-electron chi connectivity index (χ4n) is 1.81. The minimum atomic E-state index is 0.470. The highest BCUT2D eigenvalue weighted by Crippen LogP contribution is 2.20. The summed E-state index contributed by atoms with van der Waals surface area (Å²) in [7, 11) is 0. The lowest BCUT2D eigenvalue weighted by molar-refractivity contribution is 0.572. The number of rotatable bonds is 8. The monoisotopic (exact) mass is 220 g/mol. The third kappa shape index (κ3) is 5.01. The van der Waals surface area contributed by atoms with Crippen LogP contribution in [0.3, 0.4) is 0 Å². The molecule has 1 rings (SSSR count). The first-order chi connectivity index (χ1) is 7.84. The molecular formula is C13H20N2O. The second kappa shape index (κ2) is 7.97. The normalized spacial score (nSPS) is 12.3. The van der Waals surface area contributed by atoms with Crippen molar-refractivity contribution < 1.29 is 0 Å². The maximum absolute atomic E-state index is 9.87. The third-order valence-corrected chi connectivity index (χ3v) is 2.89. The molecule has 0 amide bonds. The number of hydrogen-bond acceptors (Lipinski definition) is 3. The van der Waals surface area contributed by atoms with E-state index in [4.69, 9.17) is 0 Å². The Hall–Kier alpha value is -1.25. The van der Waals surface area contributed by atoms with Gasteiger partial charge in [-0.15, -0.1) is 0 Å². The van der Waals surface area contributed by atoms with Crippen LogP contribution in [0.25, 0.3) is 0 Å². The minimum absolute atomic E-state index is 0.470. The van der Waals surface area contributed by atoms with Crippen molar-refractivity contribution in [2.45, 2.75) is 44.9 Å². The largest absolute Gasteiger partial charge is 0.264 e. The summed E-state index contributed by atoms with van der Waals surface area (Å²) in [5, 5.41) is 2.86. The second-order valence-corrected chi connectivity index (χ2v) is 4.24. The number of hydrogen-bond donors (Lipinski definition) is 0. The second-order valence-electron chi connectivity index (χ2n) is 4.24. The van der Waals surface area contributed by atoms with Gasteiger partial charge in [0.1, 0.15) is 0 Å². The van der Waals surface area contributed by atoms with Gasteiger partial charge in [0, 0.05) is 12.4 Å². The Bertz CT molecular complexity index is 287. The Morgan fingerprint density at radius 1 is 1.31 bits per heavy atom. The number of pyridine rings is 1. The molecular weight excluding hydrogens is 200 g/mol. The Morgan fingerprint density at radius 2 is 2.12 bits per heavy atom. The maximum atomic E-state index is 9.87. The number of nitrogens with zero attached hydrogens (tertiary/aromatic N) is 2. The van der Waals surface area contributed by atoms with E-state index in [0.717, 1.165) is 12.8 Å². The van der Waals surface area contributed by atoms with Crippen LogP contribution in [-0.2, 0) is 0 Å². The summed E-state index contributed by atoms with van der Waals surface area (Å²) < 4.78 is 0. The van der Waals surface area contributed by atoms with Crippen molar-refractivity contribution in [3.8, 4) is 0 Å². The van der Waals surface area contributed by atoms with Crippen LogP contribution in [0.4, 0.5) is 0 Å². The molecule has 0 aliphatic carbocycles. The number of nitroso groups, excluding NO2 is 1. The van der Waals surface area contributed by atoms with Crippen LogP contribution in [-0.4, -0.2) is 11.5 Å². The summed E-state index contributed by atoms with van der Waals surface area (Å²) in [6, 6.07) is 4.12. The van der Waals surface area contributed by atoms with Crippen molar-refractivity contribution in [1.29, 1.82) is 0 Å². The van der Waals surface area contributed by atoms with Crippen LogP contribution in [0.1, 0.15) is 50.5 Å². The van der Waals surface area contributed by atoms with Gasteiger partial charge < -0.3 is 0 Å². The van der Waals surface area contributed by atoms with Gasteiger partial charge in [0.15, 0.2) is 0 Å². The van der Waals surface area contributed by atoms with Crippen LogP contribution in [0.15, 0.2) is 29.7 Å². The first-order valence-corrected chi connectivity index (χ1v) is 6.03. The van der Waals surface area contributed by atoms with E-state index in [0.29, 0.717) is 12.5 Å². The van der Waals surface area contributed by atoms with Crippen molar-refractivity contribution in [2.24, 2.45) is 5.18 Å². The van der Waals surface area contributed by atoms with E-state index in [1.165, 1.54) is 24.8 Å². The van der Waals surface area contributed by atoms with Crippen molar-refractivity contribution in [2.75, 3.05) is 6.54 Å². The molecule has 16 heavy (non-hydrogen) atoms. The molecule has 0 fully saturated rings. The predicted molar refractivity (Wildman–Crippen MR) is 66.4 cm³/mol. The predicted octanol–water partition coefficient (Wildman–Crippen LogP) is 3.90. The summed E-state index contributed by atoms with van der Waals surface area (Å²) in [5.74, 6) is 0.581. The molecule has 0 aromatic carbocycles. The van der Waals surface area contributed by atoms with Crippen molar-refractivity contribution >= 4 is 0 Å². The van der Waals surface area contributed by atoms with Crippen LogP contribution in [0.5, 0.6) is 0 Å². The summed E-state index contributed by atoms with van der Waals surface area (Å²) in [6.07, 6.45) is 9.41. The fourth-order valence-corrected chi connectivity index (χ4v) is 1.81. The SMILES string of the molecule is CC(CCCCCCN=O)c1cccnc1. The van der Waals surface area contributed by atoms with Crippen LogP contribution in [0, 0.1) is 4.91 Å². The first-order valence-electron chi connectivity index (χ1n) is 6.03. The fraction of sp³-hybridized carbons (Fsp3) is 0.615. The van der Waals surface area contributed by atoms with Gasteiger partial charge in [-0.1, -0.05) is 37.4 Å². The van der Waals surface area contributed by atoms with Crippen molar-refractivity contribution in [3.63, 3.8) is 0 Å². The molecule has 0 spiro atoms. The molecule has 3 nitrogen and oxygen atoms in total. The lowest BCUT2D eigenvalue weighted by Gasteiger charge is -2.10. The van der Waals surface area contributed by atoms with E-state index >= 15 is 0 Å². The van der Waals surface area contributed by atoms with E-state index in [-0.39, 0.29) is 0 Å². The van der Waals surface area contributed by atoms with Gasteiger partial charge in [-0.3, -0.25) is 4.98 Å². The topological polar surface area (TPSA) is 42.3 Å². The number of aromatic nitrogens is 1. The molecule has 1 aromatic heterocycles. The van der Waals surface area contributed by atoms with Crippen LogP contribution < -0.4 is 0 Å². The molecule has 0 saturated carbocycles. The molecule has 0 bridgehead atoms. The van der Waals surface area contributed by atoms with Gasteiger partial charge in [0.2, 0.25) is 0 Å². The Kier molecular flexibility index (Phi) is 6.38. The molecule has 1 atom stereocenters. The summed E-state index contributed by atoms with van der Waals surface area (Å²) in [4.78, 5) is 14.0. The minimum Gasteiger partial charge on any atom is -0.264 e. The first kappa shape index (κ1) is 12.8. The van der Waals surface area contributed by atoms with Gasteiger partial charge in [0.25, 0.3) is 0 Å². The van der Waals surface area contributed by atoms with E-state index in [1.54, 1.807) is 0 Å². The Labute approximate surface area is 97.3 Å². The summed E-state index contributed by atoms with van der Waals surface area (Å²) >= 11 is 0. The molecule has 0 saturated heterocycles. The summed E-state index contributed by atoms with van der Waals surface area (Å²) in [6.45, 7) is 2.71. The van der Waals surface area contributed by atoms with Crippen molar-refractivity contribution in [3.05, 3.63) is 35.0 Å². The van der Waals surface area contributed by atoms with Gasteiger partial charge >= 0.3 is 0 Å². The van der Waals surface area contributed by atoms with E-state index in [1.807, 2.05) is 18.5 Å². The van der Waals surface area contributed by atoms with Crippen LogP contribution in [0.2, 0.25) is 0 Å². The lowest BCUT2D eigenvalue weighted by Crippen LogP contribution is -1.94. The smallest absolute Gasteiger partial charge is 0.0811 e. The molecule has 0 radical (unpaired) electrons. The Balaban J connectivity index is 2.11. The highest BCUT2D eigenvalue weighted by atomic mass is 16.3. The average Bonchev–Trinajstić information content (AvgIpc) is 2.34. The van der Waals surface area contributed by atoms with E-state index in [9.17, 15) is 4.91 Å². The van der Waals surface area contributed by atoms with Gasteiger partial charge in [-0.05, 0) is 30.4 Å². The average molecular weight is 220 g/mol. The standard InChI is InChI=1S/C13H20N2O/c1-12(13-8-6-9-14-11-13)7-4-2-3-5-10-15-16/h6,8-9,11-12H,2-5,7,10H2,1H3. The zero-order chi connectivity index (χ0) is 11.6. The summed E-state index contributed by atoms with van der Waals surface area (Å²) in [5.41, 5.74) is 1.32. The van der Waals surface area contributed by atoms with Gasteiger partial charge in [-0.25, -0.2) is 0 Å². The van der Waals surface area contributed by atoms with Gasteiger partial charge in [-0.2, -0.15) is 4.91 Å². The zero-order valence-corrected chi connectivity index (χ0v) is 9.93. The molecule has 0 aliphatic heterocycles. The molecule has 0 N–H and O–H groups in total.